The van der Waals surface area contributed by atoms with Gasteiger partial charge in [-0.1, -0.05) is 0 Å². The van der Waals surface area contributed by atoms with Crippen LogP contribution in [0.3, 0.4) is 0 Å². The zero-order valence-electron chi connectivity index (χ0n) is 8.38. The molecule has 76 valence electrons. The standard InChI is InChI=1S/C10H14N2O2/c1-6(13)11(2)9-8-5-12-4-3-7(14-8)10(9)12/h3-4,7-10H,5H2,1-2H3/t7-,8+,9-,10-/m0/s1. The van der Waals surface area contributed by atoms with Crippen molar-refractivity contribution in [1.29, 1.82) is 0 Å². The normalized spacial score (nSPS) is 42.3. The minimum Gasteiger partial charge on any atom is -0.367 e. The molecule has 2 saturated heterocycles. The predicted molar refractivity (Wildman–Crippen MR) is 50.5 cm³/mol. The molecule has 2 bridgehead atoms. The molecule has 1 amide bonds. The van der Waals surface area contributed by atoms with Crippen LogP contribution in [0.25, 0.3) is 0 Å². The van der Waals surface area contributed by atoms with E-state index in [0.29, 0.717) is 6.04 Å². The third-order valence-corrected chi connectivity index (χ3v) is 3.58. The maximum absolute atomic E-state index is 11.3. The zero-order valence-corrected chi connectivity index (χ0v) is 8.38. The second-order valence-electron chi connectivity index (χ2n) is 4.29. The van der Waals surface area contributed by atoms with E-state index in [4.69, 9.17) is 4.74 Å². The van der Waals surface area contributed by atoms with E-state index < -0.39 is 0 Å². The van der Waals surface area contributed by atoms with Gasteiger partial charge in [0.15, 0.2) is 0 Å². The lowest BCUT2D eigenvalue weighted by molar-refractivity contribution is -0.130. The Bertz CT molecular complexity index is 299. The topological polar surface area (TPSA) is 32.8 Å². The predicted octanol–water partition coefficient (Wildman–Crippen LogP) is -0.188. The van der Waals surface area contributed by atoms with Crippen LogP contribution in [0.2, 0.25) is 0 Å². The molecule has 14 heavy (non-hydrogen) atoms. The van der Waals surface area contributed by atoms with Crippen molar-refractivity contribution in [2.75, 3.05) is 13.6 Å². The Morgan fingerprint density at radius 3 is 3.07 bits per heavy atom. The first-order chi connectivity index (χ1) is 6.68. The summed E-state index contributed by atoms with van der Waals surface area (Å²) in [6.45, 7) is 2.54. The quantitative estimate of drug-likeness (QED) is 0.580. The minimum atomic E-state index is 0.123. The Labute approximate surface area is 83.1 Å². The monoisotopic (exact) mass is 194 g/mol. The second-order valence-corrected chi connectivity index (χ2v) is 4.29. The maximum atomic E-state index is 11.3. The molecule has 0 aromatic rings. The average molecular weight is 194 g/mol. The molecular weight excluding hydrogens is 180 g/mol. The molecular formula is C10H14N2O2. The number of likely N-dealkylation sites (N-methyl/N-ethyl adjacent to an activating group) is 1. The van der Waals surface area contributed by atoms with E-state index >= 15 is 0 Å². The molecule has 0 saturated carbocycles. The molecule has 0 unspecified atom stereocenters. The van der Waals surface area contributed by atoms with E-state index in [2.05, 4.69) is 17.2 Å². The molecule has 0 aromatic heterocycles. The van der Waals surface area contributed by atoms with Gasteiger partial charge in [0.25, 0.3) is 0 Å². The highest BCUT2D eigenvalue weighted by atomic mass is 16.5. The van der Waals surface area contributed by atoms with Crippen molar-refractivity contribution < 1.29 is 9.53 Å². The Balaban J connectivity index is 1.88. The molecule has 3 rings (SSSR count). The number of nitrogens with zero attached hydrogens (tertiary/aromatic N) is 2. The van der Waals surface area contributed by atoms with Crippen LogP contribution in [0.1, 0.15) is 6.92 Å². The summed E-state index contributed by atoms with van der Waals surface area (Å²) < 4.78 is 5.81. The molecule has 0 aliphatic carbocycles. The molecule has 4 nitrogen and oxygen atoms in total. The summed E-state index contributed by atoms with van der Waals surface area (Å²) in [5.74, 6) is 0.123. The summed E-state index contributed by atoms with van der Waals surface area (Å²) in [7, 11) is 1.87. The Morgan fingerprint density at radius 1 is 1.64 bits per heavy atom. The third-order valence-electron chi connectivity index (χ3n) is 3.58. The van der Waals surface area contributed by atoms with Crippen LogP contribution < -0.4 is 0 Å². The molecule has 0 spiro atoms. The Kier molecular flexibility index (Phi) is 1.49. The van der Waals surface area contributed by atoms with E-state index in [9.17, 15) is 4.79 Å². The lowest BCUT2D eigenvalue weighted by atomic mass is 10.1. The first kappa shape index (κ1) is 8.29. The smallest absolute Gasteiger partial charge is 0.219 e. The zero-order chi connectivity index (χ0) is 9.87. The number of hydrogen-bond donors (Lipinski definition) is 0. The Hall–Kier alpha value is -1.03. The van der Waals surface area contributed by atoms with Crippen molar-refractivity contribution in [3.8, 4) is 0 Å². The fraction of sp³-hybridized carbons (Fsp3) is 0.700. The molecule has 0 aromatic carbocycles. The van der Waals surface area contributed by atoms with E-state index in [0.717, 1.165) is 6.54 Å². The fourth-order valence-corrected chi connectivity index (χ4v) is 2.85. The lowest BCUT2D eigenvalue weighted by Gasteiger charge is -2.27. The van der Waals surface area contributed by atoms with Crippen molar-refractivity contribution in [2.24, 2.45) is 0 Å². The van der Waals surface area contributed by atoms with Gasteiger partial charge >= 0.3 is 0 Å². The van der Waals surface area contributed by atoms with Gasteiger partial charge in [-0.25, -0.2) is 0 Å². The minimum absolute atomic E-state index is 0.123. The maximum Gasteiger partial charge on any atom is 0.219 e. The van der Waals surface area contributed by atoms with Gasteiger partial charge in [-0.15, -0.1) is 0 Å². The first-order valence-corrected chi connectivity index (χ1v) is 5.01. The van der Waals surface area contributed by atoms with Gasteiger partial charge in [0.05, 0.1) is 18.2 Å². The van der Waals surface area contributed by atoms with Gasteiger partial charge in [0, 0.05) is 20.5 Å². The van der Waals surface area contributed by atoms with Crippen molar-refractivity contribution in [1.82, 2.24) is 9.80 Å². The van der Waals surface area contributed by atoms with Crippen LogP contribution in [0.5, 0.6) is 0 Å². The largest absolute Gasteiger partial charge is 0.367 e. The summed E-state index contributed by atoms with van der Waals surface area (Å²) in [6, 6.07) is 0.612. The highest BCUT2D eigenvalue weighted by Gasteiger charge is 2.56. The lowest BCUT2D eigenvalue weighted by Crippen LogP contribution is -2.45. The van der Waals surface area contributed by atoms with E-state index in [1.165, 1.54) is 0 Å². The van der Waals surface area contributed by atoms with Crippen LogP contribution in [0.4, 0.5) is 0 Å². The molecule has 2 fully saturated rings. The van der Waals surface area contributed by atoms with Gasteiger partial charge in [-0.05, 0) is 12.3 Å². The van der Waals surface area contributed by atoms with Gasteiger partial charge in [0.2, 0.25) is 5.91 Å². The summed E-state index contributed by atoms with van der Waals surface area (Å²) in [5.41, 5.74) is 0. The summed E-state index contributed by atoms with van der Waals surface area (Å²) in [4.78, 5) is 15.4. The molecule has 4 heteroatoms. The Morgan fingerprint density at radius 2 is 2.43 bits per heavy atom. The van der Waals surface area contributed by atoms with Crippen molar-refractivity contribution in [3.05, 3.63) is 12.3 Å². The molecule has 3 aliphatic heterocycles. The van der Waals surface area contributed by atoms with Crippen LogP contribution in [0.15, 0.2) is 12.3 Å². The number of rotatable bonds is 1. The van der Waals surface area contributed by atoms with Crippen molar-refractivity contribution >= 4 is 5.91 Å². The number of ether oxygens (including phenoxy) is 1. The first-order valence-electron chi connectivity index (χ1n) is 5.01. The molecule has 0 N–H and O–H groups in total. The number of carbonyl (C=O) groups excluding carboxylic acids is 1. The molecule has 3 heterocycles. The van der Waals surface area contributed by atoms with Crippen LogP contribution >= 0.6 is 0 Å². The highest BCUT2D eigenvalue weighted by molar-refractivity contribution is 5.73. The van der Waals surface area contributed by atoms with Crippen LogP contribution in [-0.2, 0) is 9.53 Å². The van der Waals surface area contributed by atoms with E-state index in [-0.39, 0.29) is 24.2 Å². The summed E-state index contributed by atoms with van der Waals surface area (Å²) >= 11 is 0. The molecule has 0 radical (unpaired) electrons. The van der Waals surface area contributed by atoms with E-state index in [1.807, 2.05) is 11.9 Å². The molecule has 3 aliphatic rings. The van der Waals surface area contributed by atoms with Crippen LogP contribution in [0, 0.1) is 0 Å². The molecule has 4 atom stereocenters. The number of amides is 1. The van der Waals surface area contributed by atoms with Gasteiger partial charge in [0.1, 0.15) is 6.10 Å². The number of hydrogen-bond acceptors (Lipinski definition) is 3. The van der Waals surface area contributed by atoms with Crippen molar-refractivity contribution in [2.45, 2.75) is 31.2 Å². The van der Waals surface area contributed by atoms with Crippen LogP contribution in [-0.4, -0.2) is 53.6 Å². The van der Waals surface area contributed by atoms with E-state index in [1.54, 1.807) is 6.92 Å². The van der Waals surface area contributed by atoms with Gasteiger partial charge in [-0.2, -0.15) is 0 Å². The third kappa shape index (κ3) is 0.843. The number of carbonyl (C=O) groups is 1. The number of morpholine rings is 1. The summed E-state index contributed by atoms with van der Waals surface area (Å²) in [5, 5.41) is 0. The average Bonchev–Trinajstić information content (AvgIpc) is 2.70. The van der Waals surface area contributed by atoms with Gasteiger partial charge < -0.3 is 14.5 Å². The highest BCUT2D eigenvalue weighted by Crippen LogP contribution is 2.40. The number of fused-ring (bicyclic) bond motifs is 1. The van der Waals surface area contributed by atoms with Gasteiger partial charge in [-0.3, -0.25) is 4.79 Å². The fourth-order valence-electron chi connectivity index (χ4n) is 2.85. The summed E-state index contributed by atoms with van der Waals surface area (Å²) in [6.07, 6.45) is 4.61. The SMILES string of the molecule is CC(=O)N(C)[C@@H]1[C@@H]2[C@@H]3C=CN2C[C@H]1O3. The van der Waals surface area contributed by atoms with Crippen molar-refractivity contribution in [3.63, 3.8) is 0 Å². The second kappa shape index (κ2) is 2.51.